The van der Waals surface area contributed by atoms with E-state index in [4.69, 9.17) is 4.74 Å². The second kappa shape index (κ2) is 9.24. The molecule has 0 aliphatic carbocycles. The fourth-order valence-electron chi connectivity index (χ4n) is 6.26. The normalized spacial score (nSPS) is 23.8. The Morgan fingerprint density at radius 3 is 2.51 bits per heavy atom. The van der Waals surface area contributed by atoms with Crippen LogP contribution in [0.5, 0.6) is 0 Å². The number of fused-ring (bicyclic) bond motifs is 1. The Hall–Kier alpha value is -4.16. The molecule has 4 aliphatic rings. The van der Waals surface area contributed by atoms with Crippen LogP contribution in [0, 0.1) is 6.92 Å². The summed E-state index contributed by atoms with van der Waals surface area (Å²) in [7, 11) is 1.86. The summed E-state index contributed by atoms with van der Waals surface area (Å²) in [5.74, 6) is -0.491. The van der Waals surface area contributed by atoms with Crippen LogP contribution in [0.4, 0.5) is 11.4 Å². The second-order valence-corrected chi connectivity index (χ2v) is 10.8. The number of hydrogen-bond acceptors (Lipinski definition) is 8. The third kappa shape index (κ3) is 4.45. The molecule has 2 amide bonds. The van der Waals surface area contributed by atoms with Crippen LogP contribution in [-0.4, -0.2) is 77.1 Å². The molecule has 4 aromatic heterocycles. The van der Waals surface area contributed by atoms with Gasteiger partial charge in [0.2, 0.25) is 5.91 Å². The van der Waals surface area contributed by atoms with Gasteiger partial charge in [0.05, 0.1) is 53.7 Å². The number of piperidine rings is 2. The van der Waals surface area contributed by atoms with Crippen molar-refractivity contribution in [2.24, 2.45) is 7.05 Å². The number of nitrogens with zero attached hydrogens (tertiary/aromatic N) is 7. The van der Waals surface area contributed by atoms with Crippen LogP contribution in [0.1, 0.15) is 41.9 Å². The lowest BCUT2D eigenvalue weighted by molar-refractivity contribution is -0.182. The molecule has 0 aromatic carbocycles. The number of rotatable bonds is 6. The van der Waals surface area contributed by atoms with E-state index in [0.29, 0.717) is 53.4 Å². The number of hydrogen-bond donors (Lipinski definition) is 2. The Bertz CT molecular complexity index is 1560. The predicted molar refractivity (Wildman–Crippen MR) is 142 cm³/mol. The van der Waals surface area contributed by atoms with Gasteiger partial charge in [-0.3, -0.25) is 24.2 Å². The molecule has 4 bridgehead atoms. The zero-order valence-corrected chi connectivity index (χ0v) is 21.7. The quantitative estimate of drug-likeness (QED) is 0.391. The van der Waals surface area contributed by atoms with Gasteiger partial charge in [-0.2, -0.15) is 5.10 Å². The highest BCUT2D eigenvalue weighted by atomic mass is 16.5. The van der Waals surface area contributed by atoms with E-state index < -0.39 is 5.91 Å². The zero-order chi connectivity index (χ0) is 26.7. The van der Waals surface area contributed by atoms with E-state index in [1.54, 1.807) is 34.6 Å². The molecule has 8 heterocycles. The molecule has 2 N–H and O–H groups in total. The Morgan fingerprint density at radius 2 is 1.79 bits per heavy atom. The smallest absolute Gasteiger partial charge is 0.278 e. The van der Waals surface area contributed by atoms with Crippen molar-refractivity contribution in [3.05, 3.63) is 54.4 Å². The fraction of sp³-hybridized carbons (Fsp3) is 0.407. The number of carbonyl (C=O) groups excluding carboxylic acids is 2. The molecular weight excluding hydrogens is 498 g/mol. The zero-order valence-electron chi connectivity index (χ0n) is 21.7. The molecule has 0 atom stereocenters. The molecule has 200 valence electrons. The summed E-state index contributed by atoms with van der Waals surface area (Å²) in [5, 5.41) is 18.3. The van der Waals surface area contributed by atoms with E-state index in [-0.39, 0.29) is 11.6 Å². The summed E-state index contributed by atoms with van der Waals surface area (Å²) >= 11 is 0. The molecule has 0 spiro atoms. The highest BCUT2D eigenvalue weighted by Crippen LogP contribution is 2.42. The first-order chi connectivity index (χ1) is 18.9. The molecule has 0 radical (unpaired) electrons. The number of carbonyl (C=O) groups is 2. The van der Waals surface area contributed by atoms with Crippen molar-refractivity contribution < 1.29 is 14.3 Å². The predicted octanol–water partition coefficient (Wildman–Crippen LogP) is 2.42. The van der Waals surface area contributed by atoms with Crippen molar-refractivity contribution in [1.29, 1.82) is 0 Å². The Balaban J connectivity index is 1.04. The van der Waals surface area contributed by atoms with E-state index in [1.807, 2.05) is 31.6 Å². The van der Waals surface area contributed by atoms with Crippen molar-refractivity contribution in [1.82, 2.24) is 34.5 Å². The van der Waals surface area contributed by atoms with Crippen molar-refractivity contribution in [2.45, 2.75) is 56.9 Å². The maximum absolute atomic E-state index is 13.2. The van der Waals surface area contributed by atoms with Gasteiger partial charge < -0.3 is 15.4 Å². The van der Waals surface area contributed by atoms with Crippen LogP contribution < -0.4 is 10.6 Å². The highest BCUT2D eigenvalue weighted by molar-refractivity contribution is 6.08. The standard InChI is InChI=1S/C27H29N9O3/c1-15-23(31-27(38)26-24-4-3-16(13-36(24)33-32-26)17-10-29-34(2)12-17)5-18(11-28-15)30-25(37)14-35-19-6-21-8-20(35)9-22(7-19)39-21/h3-5,10-13,19-22H,6-9,14H2,1-2H3,(H,30,37)(H,31,38). The number of nitrogens with one attached hydrogen (secondary N) is 2. The van der Waals surface area contributed by atoms with Crippen LogP contribution >= 0.6 is 0 Å². The average Bonchev–Trinajstić information content (AvgIpc) is 3.53. The Morgan fingerprint density at radius 1 is 1.03 bits per heavy atom. The molecule has 0 saturated carbocycles. The molecule has 12 nitrogen and oxygen atoms in total. The minimum Gasteiger partial charge on any atom is -0.375 e. The Labute approximate surface area is 224 Å². The van der Waals surface area contributed by atoms with Gasteiger partial charge in [0.15, 0.2) is 5.69 Å². The maximum Gasteiger partial charge on any atom is 0.278 e. The molecule has 4 saturated heterocycles. The van der Waals surface area contributed by atoms with E-state index in [0.717, 1.165) is 36.8 Å². The molecule has 0 unspecified atom stereocenters. The molecular formula is C27H29N9O3. The van der Waals surface area contributed by atoms with Crippen LogP contribution in [-0.2, 0) is 16.6 Å². The largest absolute Gasteiger partial charge is 0.375 e. The summed E-state index contributed by atoms with van der Waals surface area (Å²) in [4.78, 5) is 32.9. The molecule has 4 aromatic rings. The number of aryl methyl sites for hydroxylation is 2. The summed E-state index contributed by atoms with van der Waals surface area (Å²) in [6.45, 7) is 2.14. The highest BCUT2D eigenvalue weighted by Gasteiger charge is 2.48. The van der Waals surface area contributed by atoms with Gasteiger partial charge in [-0.1, -0.05) is 11.3 Å². The number of pyridine rings is 2. The van der Waals surface area contributed by atoms with Gasteiger partial charge in [-0.25, -0.2) is 4.52 Å². The monoisotopic (exact) mass is 527 g/mol. The first-order valence-electron chi connectivity index (χ1n) is 13.2. The van der Waals surface area contributed by atoms with E-state index in [9.17, 15) is 9.59 Å². The van der Waals surface area contributed by atoms with E-state index >= 15 is 0 Å². The minimum absolute atomic E-state index is 0.0833. The van der Waals surface area contributed by atoms with Crippen LogP contribution in [0.2, 0.25) is 0 Å². The molecule has 4 fully saturated rings. The molecule has 39 heavy (non-hydrogen) atoms. The first-order valence-corrected chi connectivity index (χ1v) is 13.2. The van der Waals surface area contributed by atoms with Crippen molar-refractivity contribution in [3.8, 4) is 11.1 Å². The van der Waals surface area contributed by atoms with Gasteiger partial charge in [0, 0.05) is 42.7 Å². The number of amides is 2. The van der Waals surface area contributed by atoms with Crippen LogP contribution in [0.3, 0.4) is 0 Å². The lowest BCUT2D eigenvalue weighted by Crippen LogP contribution is -2.63. The summed E-state index contributed by atoms with van der Waals surface area (Å²) < 4.78 is 9.32. The third-order valence-electron chi connectivity index (χ3n) is 8.07. The van der Waals surface area contributed by atoms with Crippen molar-refractivity contribution in [3.63, 3.8) is 0 Å². The summed E-state index contributed by atoms with van der Waals surface area (Å²) in [5.41, 5.74) is 4.28. The number of anilines is 2. The fourth-order valence-corrected chi connectivity index (χ4v) is 6.26. The SMILES string of the molecule is Cc1ncc(NC(=O)CN2C3CC4CC2CC(C3)O4)cc1NC(=O)c1nnn2cc(-c3cnn(C)c3)ccc12. The lowest BCUT2D eigenvalue weighted by atomic mass is 9.78. The molecule has 8 rings (SSSR count). The van der Waals surface area contributed by atoms with Gasteiger partial charge in [0.1, 0.15) is 0 Å². The summed E-state index contributed by atoms with van der Waals surface area (Å²) in [6.07, 6.45) is 11.8. The van der Waals surface area contributed by atoms with Crippen molar-refractivity contribution >= 4 is 28.7 Å². The van der Waals surface area contributed by atoms with E-state index in [1.165, 1.54) is 0 Å². The Kier molecular flexibility index (Phi) is 5.67. The van der Waals surface area contributed by atoms with Crippen LogP contribution in [0.25, 0.3) is 16.6 Å². The topological polar surface area (TPSA) is 132 Å². The second-order valence-electron chi connectivity index (χ2n) is 10.8. The number of ether oxygens (including phenoxy) is 1. The lowest BCUT2D eigenvalue weighted by Gasteiger charge is -2.55. The van der Waals surface area contributed by atoms with E-state index in [2.05, 4.69) is 35.9 Å². The van der Waals surface area contributed by atoms with Gasteiger partial charge in [-0.15, -0.1) is 5.10 Å². The third-order valence-corrected chi connectivity index (χ3v) is 8.07. The number of aromatic nitrogens is 6. The minimum atomic E-state index is -0.408. The average molecular weight is 528 g/mol. The van der Waals surface area contributed by atoms with Crippen molar-refractivity contribution in [2.75, 3.05) is 17.2 Å². The first kappa shape index (κ1) is 23.9. The molecule has 4 aliphatic heterocycles. The van der Waals surface area contributed by atoms with Gasteiger partial charge >= 0.3 is 0 Å². The van der Waals surface area contributed by atoms with Gasteiger partial charge in [-0.05, 0) is 44.7 Å². The molecule has 12 heteroatoms. The summed E-state index contributed by atoms with van der Waals surface area (Å²) in [6, 6.07) is 6.27. The van der Waals surface area contributed by atoms with Crippen LogP contribution in [0.15, 0.2) is 43.0 Å². The van der Waals surface area contributed by atoms with Gasteiger partial charge in [0.25, 0.3) is 5.91 Å². The maximum atomic E-state index is 13.2.